The van der Waals surface area contributed by atoms with Gasteiger partial charge in [0.2, 0.25) is 5.95 Å². The van der Waals surface area contributed by atoms with E-state index < -0.39 is 11.6 Å². The minimum absolute atomic E-state index is 0.00341. The number of nitrogens with zero attached hydrogens (tertiary/aromatic N) is 2. The third-order valence-corrected chi connectivity index (χ3v) is 3.91. The van der Waals surface area contributed by atoms with Crippen molar-refractivity contribution in [2.45, 2.75) is 6.92 Å². The first-order chi connectivity index (χ1) is 9.90. The number of rotatable bonds is 1. The lowest BCUT2D eigenvalue weighted by molar-refractivity contribution is 0.514. The largest absolute Gasteiger partial charge is 0.369 e. The summed E-state index contributed by atoms with van der Waals surface area (Å²) in [7, 11) is 0. The summed E-state index contributed by atoms with van der Waals surface area (Å²) in [6, 6.07) is 5.52. The number of fused-ring (bicyclic) bond motifs is 1. The first kappa shape index (κ1) is 14.1. The maximum absolute atomic E-state index is 14.1. The number of nitrogen functional groups attached to an aromatic ring is 1. The number of aromatic nitrogens is 2. The van der Waals surface area contributed by atoms with Crippen molar-refractivity contribution in [2.24, 2.45) is 0 Å². The molecule has 0 saturated heterocycles. The number of imidazole rings is 1. The molecule has 3 rings (SSSR count). The number of benzene rings is 2. The Balaban J connectivity index is 2.43. The maximum atomic E-state index is 14.1. The van der Waals surface area contributed by atoms with Gasteiger partial charge in [-0.2, -0.15) is 0 Å². The Bertz CT molecular complexity index is 875. The molecule has 3 aromatic rings. The fraction of sp³-hybridized carbons (Fsp3) is 0.0714. The molecular formula is C14H9Cl2F2N3. The van der Waals surface area contributed by atoms with Crippen LogP contribution in [0.5, 0.6) is 0 Å². The van der Waals surface area contributed by atoms with Crippen molar-refractivity contribution in [3.8, 4) is 5.69 Å². The predicted molar refractivity (Wildman–Crippen MR) is 80.2 cm³/mol. The molecule has 0 atom stereocenters. The molecule has 0 amide bonds. The first-order valence-electron chi connectivity index (χ1n) is 5.98. The highest BCUT2D eigenvalue weighted by Gasteiger charge is 2.19. The molecule has 3 nitrogen and oxygen atoms in total. The minimum atomic E-state index is -1.04. The molecule has 0 radical (unpaired) electrons. The lowest BCUT2D eigenvalue weighted by Crippen LogP contribution is -2.03. The summed E-state index contributed by atoms with van der Waals surface area (Å²) in [6.45, 7) is 1.79. The van der Waals surface area contributed by atoms with Crippen LogP contribution in [0.25, 0.3) is 16.7 Å². The maximum Gasteiger partial charge on any atom is 0.206 e. The second-order valence-electron chi connectivity index (χ2n) is 4.59. The standard InChI is InChI=1S/C14H9Cl2F2N3/c1-6-4-8(16)11(5-7(6)15)21-13-10(20-14(21)19)3-2-9(17)12(13)18/h2-5H,1H3,(H2,19,20). The Morgan fingerprint density at radius 2 is 1.86 bits per heavy atom. The predicted octanol–water partition coefficient (Wildman–Crippen LogP) is 4.50. The monoisotopic (exact) mass is 327 g/mol. The van der Waals surface area contributed by atoms with E-state index in [9.17, 15) is 8.78 Å². The van der Waals surface area contributed by atoms with Crippen molar-refractivity contribution in [2.75, 3.05) is 5.73 Å². The fourth-order valence-electron chi connectivity index (χ4n) is 2.17. The van der Waals surface area contributed by atoms with E-state index in [4.69, 9.17) is 28.9 Å². The van der Waals surface area contributed by atoms with Crippen LogP contribution in [0.3, 0.4) is 0 Å². The van der Waals surface area contributed by atoms with Gasteiger partial charge < -0.3 is 5.73 Å². The van der Waals surface area contributed by atoms with Crippen LogP contribution in [0.2, 0.25) is 10.0 Å². The minimum Gasteiger partial charge on any atom is -0.369 e. The van der Waals surface area contributed by atoms with Crippen LogP contribution in [0.15, 0.2) is 24.3 Å². The molecule has 0 unspecified atom stereocenters. The van der Waals surface area contributed by atoms with E-state index in [0.29, 0.717) is 15.7 Å². The van der Waals surface area contributed by atoms with Gasteiger partial charge in [0, 0.05) is 5.02 Å². The Morgan fingerprint density at radius 3 is 2.57 bits per heavy atom. The van der Waals surface area contributed by atoms with Gasteiger partial charge in [-0.25, -0.2) is 13.8 Å². The Hall–Kier alpha value is -1.85. The van der Waals surface area contributed by atoms with Crippen LogP contribution in [0.1, 0.15) is 5.56 Å². The summed E-state index contributed by atoms with van der Waals surface area (Å²) in [6.07, 6.45) is 0. The molecule has 0 fully saturated rings. The van der Waals surface area contributed by atoms with Crippen LogP contribution >= 0.6 is 23.2 Å². The summed E-state index contributed by atoms with van der Waals surface area (Å²) in [4.78, 5) is 4.02. The normalized spacial score (nSPS) is 11.3. The molecule has 2 aromatic carbocycles. The van der Waals surface area contributed by atoms with E-state index in [2.05, 4.69) is 4.98 Å². The van der Waals surface area contributed by atoms with E-state index >= 15 is 0 Å². The smallest absolute Gasteiger partial charge is 0.206 e. The van der Waals surface area contributed by atoms with Crippen LogP contribution in [0.4, 0.5) is 14.7 Å². The van der Waals surface area contributed by atoms with Crippen molar-refractivity contribution < 1.29 is 8.78 Å². The molecule has 0 bridgehead atoms. The molecule has 7 heteroatoms. The summed E-state index contributed by atoms with van der Waals surface area (Å²) >= 11 is 12.3. The number of aryl methyl sites for hydroxylation is 1. The zero-order chi connectivity index (χ0) is 15.3. The number of hydrogen-bond acceptors (Lipinski definition) is 2. The van der Waals surface area contributed by atoms with Gasteiger partial charge in [0.1, 0.15) is 5.52 Å². The van der Waals surface area contributed by atoms with Gasteiger partial charge in [0.05, 0.1) is 16.2 Å². The molecular weight excluding hydrogens is 319 g/mol. The zero-order valence-electron chi connectivity index (χ0n) is 10.8. The molecule has 21 heavy (non-hydrogen) atoms. The molecule has 0 aliphatic carbocycles. The van der Waals surface area contributed by atoms with E-state index in [1.165, 1.54) is 10.6 Å². The summed E-state index contributed by atoms with van der Waals surface area (Å²) in [5.74, 6) is -2.03. The van der Waals surface area contributed by atoms with Gasteiger partial charge in [-0.3, -0.25) is 4.57 Å². The molecule has 0 spiro atoms. The molecule has 0 saturated carbocycles. The molecule has 0 aliphatic heterocycles. The van der Waals surface area contributed by atoms with Crippen molar-refractivity contribution in [3.63, 3.8) is 0 Å². The number of hydrogen-bond donors (Lipinski definition) is 1. The van der Waals surface area contributed by atoms with Gasteiger partial charge in [0.15, 0.2) is 11.6 Å². The fourth-order valence-corrected chi connectivity index (χ4v) is 2.63. The van der Waals surface area contributed by atoms with Crippen LogP contribution < -0.4 is 5.73 Å². The second-order valence-corrected chi connectivity index (χ2v) is 5.40. The number of halogens is 4. The average Bonchev–Trinajstić information content (AvgIpc) is 2.75. The van der Waals surface area contributed by atoms with Gasteiger partial charge >= 0.3 is 0 Å². The first-order valence-corrected chi connectivity index (χ1v) is 6.73. The number of anilines is 1. The van der Waals surface area contributed by atoms with E-state index in [1.807, 2.05) is 0 Å². The molecule has 108 valence electrons. The van der Waals surface area contributed by atoms with Crippen molar-refractivity contribution in [1.29, 1.82) is 0 Å². The average molecular weight is 328 g/mol. The van der Waals surface area contributed by atoms with Gasteiger partial charge in [0.25, 0.3) is 0 Å². The lowest BCUT2D eigenvalue weighted by atomic mass is 10.2. The molecule has 0 aliphatic rings. The highest BCUT2D eigenvalue weighted by molar-refractivity contribution is 6.35. The Morgan fingerprint density at radius 1 is 1.14 bits per heavy atom. The highest BCUT2D eigenvalue weighted by Crippen LogP contribution is 2.33. The number of nitrogens with two attached hydrogens (primary N) is 1. The van der Waals surface area contributed by atoms with Crippen LogP contribution in [0, 0.1) is 18.6 Å². The topological polar surface area (TPSA) is 43.8 Å². The quantitative estimate of drug-likeness (QED) is 0.715. The highest BCUT2D eigenvalue weighted by atomic mass is 35.5. The molecule has 2 N–H and O–H groups in total. The van der Waals surface area contributed by atoms with Crippen molar-refractivity contribution in [1.82, 2.24) is 9.55 Å². The van der Waals surface area contributed by atoms with E-state index in [0.717, 1.165) is 11.6 Å². The summed E-state index contributed by atoms with van der Waals surface area (Å²) in [5.41, 5.74) is 7.09. The van der Waals surface area contributed by atoms with Gasteiger partial charge in [-0.1, -0.05) is 23.2 Å². The lowest BCUT2D eigenvalue weighted by Gasteiger charge is -2.11. The van der Waals surface area contributed by atoms with E-state index in [1.54, 1.807) is 19.1 Å². The summed E-state index contributed by atoms with van der Waals surface area (Å²) in [5, 5.41) is 0.749. The Kier molecular flexibility index (Phi) is 3.26. The second kappa shape index (κ2) is 4.86. The van der Waals surface area contributed by atoms with Gasteiger partial charge in [-0.05, 0) is 36.8 Å². The zero-order valence-corrected chi connectivity index (χ0v) is 12.3. The molecule has 1 heterocycles. The molecule has 1 aromatic heterocycles. The van der Waals surface area contributed by atoms with Crippen molar-refractivity contribution >= 4 is 40.2 Å². The Labute approximate surface area is 128 Å². The third-order valence-electron chi connectivity index (χ3n) is 3.20. The third kappa shape index (κ3) is 2.13. The SMILES string of the molecule is Cc1cc(Cl)c(-n2c(N)nc3ccc(F)c(F)c32)cc1Cl. The van der Waals surface area contributed by atoms with Crippen LogP contribution in [-0.4, -0.2) is 9.55 Å². The van der Waals surface area contributed by atoms with Crippen molar-refractivity contribution in [3.05, 3.63) is 51.5 Å². The van der Waals surface area contributed by atoms with E-state index in [-0.39, 0.29) is 17.0 Å². The summed E-state index contributed by atoms with van der Waals surface area (Å²) < 4.78 is 28.8. The van der Waals surface area contributed by atoms with Gasteiger partial charge in [-0.15, -0.1) is 0 Å². The van der Waals surface area contributed by atoms with Crippen LogP contribution in [-0.2, 0) is 0 Å².